The minimum atomic E-state index is -0.982. The highest BCUT2D eigenvalue weighted by Crippen LogP contribution is 2.30. The van der Waals surface area contributed by atoms with Crippen molar-refractivity contribution in [1.29, 1.82) is 0 Å². The van der Waals surface area contributed by atoms with Crippen molar-refractivity contribution in [3.8, 4) is 0 Å². The number of rotatable bonds is 7. The van der Waals surface area contributed by atoms with E-state index in [4.69, 9.17) is 5.11 Å². The lowest BCUT2D eigenvalue weighted by Gasteiger charge is -2.20. The monoisotopic (exact) mass is 434 g/mol. The van der Waals surface area contributed by atoms with Crippen LogP contribution in [0.2, 0.25) is 0 Å². The van der Waals surface area contributed by atoms with E-state index in [-0.39, 0.29) is 24.1 Å². The number of amides is 1. The molecule has 0 saturated carbocycles. The van der Waals surface area contributed by atoms with Gasteiger partial charge in [-0.05, 0) is 42.7 Å². The fourth-order valence-corrected chi connectivity index (χ4v) is 4.10. The summed E-state index contributed by atoms with van der Waals surface area (Å²) in [6.07, 6.45) is 0. The number of hydrogen-bond acceptors (Lipinski definition) is 5. The molecule has 0 bridgehead atoms. The first-order chi connectivity index (χ1) is 15.4. The molecule has 1 aliphatic heterocycles. The van der Waals surface area contributed by atoms with E-state index in [0.29, 0.717) is 24.3 Å². The summed E-state index contributed by atoms with van der Waals surface area (Å²) < 4.78 is 1.87. The van der Waals surface area contributed by atoms with Crippen LogP contribution in [0.4, 0.5) is 5.82 Å². The van der Waals surface area contributed by atoms with Gasteiger partial charge in [0.1, 0.15) is 11.4 Å². The average molecular weight is 434 g/mol. The fraction of sp³-hybridized carbons (Fsp3) is 0.292. The van der Waals surface area contributed by atoms with Gasteiger partial charge in [-0.15, -0.1) is 0 Å². The van der Waals surface area contributed by atoms with Crippen LogP contribution in [0.3, 0.4) is 0 Å². The average Bonchev–Trinajstić information content (AvgIpc) is 3.31. The van der Waals surface area contributed by atoms with Crippen LogP contribution < -0.4 is 10.2 Å². The standard InChI is InChI=1S/C24H26N4O4/c1-15(19-6-8-20(9-7-19)24(31)32)25-22(30)21-16(2)26-28-11-10-27(23(21)28)13-17-4-3-5-18(12-17)14-29/h3-9,12,15,29H,10-11,13-14H2,1-2H3,(H,25,30)(H,31,32)/t15-/m0/s1. The molecule has 3 aromatic rings. The number of fused-ring (bicyclic) bond motifs is 1. The number of carbonyl (C=O) groups is 2. The van der Waals surface area contributed by atoms with Crippen LogP contribution >= 0.6 is 0 Å². The molecule has 0 saturated heterocycles. The number of carboxylic acid groups (broad SMARTS) is 1. The summed E-state index contributed by atoms with van der Waals surface area (Å²) >= 11 is 0. The van der Waals surface area contributed by atoms with E-state index >= 15 is 0 Å². The van der Waals surface area contributed by atoms with Gasteiger partial charge in [0.15, 0.2) is 0 Å². The first kappa shape index (κ1) is 21.6. The van der Waals surface area contributed by atoms with E-state index in [1.54, 1.807) is 12.1 Å². The van der Waals surface area contributed by atoms with Gasteiger partial charge in [0.05, 0.1) is 30.5 Å². The second-order valence-corrected chi connectivity index (χ2v) is 8.03. The van der Waals surface area contributed by atoms with Gasteiger partial charge >= 0.3 is 5.97 Å². The molecule has 4 rings (SSSR count). The van der Waals surface area contributed by atoms with Crippen molar-refractivity contribution in [3.63, 3.8) is 0 Å². The van der Waals surface area contributed by atoms with Crippen molar-refractivity contribution in [3.05, 3.63) is 82.0 Å². The third kappa shape index (κ3) is 4.22. The normalized spacial score (nSPS) is 13.7. The Hall–Kier alpha value is -3.65. The zero-order valence-electron chi connectivity index (χ0n) is 18.1. The van der Waals surface area contributed by atoms with E-state index in [1.807, 2.05) is 42.8 Å². The van der Waals surface area contributed by atoms with E-state index in [2.05, 4.69) is 15.3 Å². The van der Waals surface area contributed by atoms with Crippen LogP contribution in [-0.2, 0) is 19.7 Å². The second-order valence-electron chi connectivity index (χ2n) is 8.03. The number of aliphatic hydroxyl groups excluding tert-OH is 1. The highest BCUT2D eigenvalue weighted by molar-refractivity contribution is 6.00. The highest BCUT2D eigenvalue weighted by Gasteiger charge is 2.30. The molecule has 0 unspecified atom stereocenters. The number of carboxylic acids is 1. The topological polar surface area (TPSA) is 108 Å². The molecule has 8 heteroatoms. The number of aliphatic hydroxyl groups is 1. The smallest absolute Gasteiger partial charge is 0.335 e. The molecule has 0 spiro atoms. The number of nitrogens with one attached hydrogen (secondary N) is 1. The Balaban J connectivity index is 1.54. The summed E-state index contributed by atoms with van der Waals surface area (Å²) in [6, 6.07) is 14.0. The first-order valence-corrected chi connectivity index (χ1v) is 10.5. The molecular weight excluding hydrogens is 408 g/mol. The van der Waals surface area contributed by atoms with E-state index < -0.39 is 5.97 Å². The van der Waals surface area contributed by atoms with Gasteiger partial charge in [0.2, 0.25) is 0 Å². The van der Waals surface area contributed by atoms with Gasteiger partial charge in [-0.2, -0.15) is 5.10 Å². The molecule has 0 fully saturated rings. The molecule has 166 valence electrons. The Bertz CT molecular complexity index is 1150. The minimum Gasteiger partial charge on any atom is -0.478 e. The quantitative estimate of drug-likeness (QED) is 0.528. The Kier molecular flexibility index (Phi) is 5.96. The number of anilines is 1. The van der Waals surface area contributed by atoms with Crippen LogP contribution in [0.25, 0.3) is 0 Å². The summed E-state index contributed by atoms with van der Waals surface area (Å²) in [7, 11) is 0. The summed E-state index contributed by atoms with van der Waals surface area (Å²) in [6.45, 7) is 5.76. The van der Waals surface area contributed by atoms with Gasteiger partial charge in [-0.3, -0.25) is 4.79 Å². The van der Waals surface area contributed by atoms with E-state index in [9.17, 15) is 14.7 Å². The zero-order valence-corrected chi connectivity index (χ0v) is 18.1. The maximum absolute atomic E-state index is 13.2. The Labute approximate surface area is 186 Å². The van der Waals surface area contributed by atoms with E-state index in [1.165, 1.54) is 12.1 Å². The molecular formula is C24H26N4O4. The molecule has 1 aromatic heterocycles. The van der Waals surface area contributed by atoms with Crippen molar-refractivity contribution in [2.24, 2.45) is 0 Å². The Morgan fingerprint density at radius 3 is 2.53 bits per heavy atom. The molecule has 1 aliphatic rings. The molecule has 32 heavy (non-hydrogen) atoms. The Morgan fingerprint density at radius 1 is 1.12 bits per heavy atom. The predicted molar refractivity (Wildman–Crippen MR) is 120 cm³/mol. The van der Waals surface area contributed by atoms with Crippen molar-refractivity contribution in [2.75, 3.05) is 11.4 Å². The van der Waals surface area contributed by atoms with Crippen molar-refractivity contribution >= 4 is 17.7 Å². The fourth-order valence-electron chi connectivity index (χ4n) is 4.10. The number of aryl methyl sites for hydroxylation is 1. The lowest BCUT2D eigenvalue weighted by atomic mass is 10.1. The van der Waals surface area contributed by atoms with Gasteiger partial charge in [0, 0.05) is 13.1 Å². The summed E-state index contributed by atoms with van der Waals surface area (Å²) in [5, 5.41) is 26.1. The third-order valence-electron chi connectivity index (χ3n) is 5.76. The van der Waals surface area contributed by atoms with Gasteiger partial charge in [0.25, 0.3) is 5.91 Å². The molecule has 8 nitrogen and oxygen atoms in total. The van der Waals surface area contributed by atoms with Gasteiger partial charge in [-0.25, -0.2) is 9.48 Å². The van der Waals surface area contributed by atoms with Crippen molar-refractivity contribution in [1.82, 2.24) is 15.1 Å². The number of carbonyl (C=O) groups excluding carboxylic acids is 1. The van der Waals surface area contributed by atoms with E-state index in [0.717, 1.165) is 29.1 Å². The molecule has 3 N–H and O–H groups in total. The lowest BCUT2D eigenvalue weighted by Crippen LogP contribution is -2.29. The van der Waals surface area contributed by atoms with Crippen LogP contribution in [0.5, 0.6) is 0 Å². The molecule has 2 aromatic carbocycles. The molecule has 2 heterocycles. The van der Waals surface area contributed by atoms with Gasteiger partial charge in [-0.1, -0.05) is 36.4 Å². The second kappa shape index (κ2) is 8.84. The SMILES string of the molecule is Cc1nn2c(c1C(=O)N[C@@H](C)c1ccc(C(=O)O)cc1)N(Cc1cccc(CO)c1)CC2. The van der Waals surface area contributed by atoms with Crippen LogP contribution in [-0.4, -0.2) is 38.4 Å². The molecule has 0 radical (unpaired) electrons. The summed E-state index contributed by atoms with van der Waals surface area (Å²) in [5.41, 5.74) is 4.16. The van der Waals surface area contributed by atoms with Crippen LogP contribution in [0.1, 0.15) is 56.1 Å². The zero-order chi connectivity index (χ0) is 22.8. The van der Waals surface area contributed by atoms with Crippen LogP contribution in [0, 0.1) is 6.92 Å². The molecule has 0 aliphatic carbocycles. The number of nitrogens with zero attached hydrogens (tertiary/aromatic N) is 3. The summed E-state index contributed by atoms with van der Waals surface area (Å²) in [5.74, 6) is -0.402. The van der Waals surface area contributed by atoms with Gasteiger partial charge < -0.3 is 20.4 Å². The maximum Gasteiger partial charge on any atom is 0.335 e. The van der Waals surface area contributed by atoms with Crippen molar-refractivity contribution in [2.45, 2.75) is 39.6 Å². The third-order valence-corrected chi connectivity index (χ3v) is 5.76. The number of benzene rings is 2. The number of hydrogen-bond donors (Lipinski definition) is 3. The van der Waals surface area contributed by atoms with Crippen LogP contribution in [0.15, 0.2) is 48.5 Å². The number of aromatic nitrogens is 2. The largest absolute Gasteiger partial charge is 0.478 e. The molecule has 1 amide bonds. The summed E-state index contributed by atoms with van der Waals surface area (Å²) in [4.78, 5) is 26.4. The maximum atomic E-state index is 13.2. The highest BCUT2D eigenvalue weighted by atomic mass is 16.4. The van der Waals surface area contributed by atoms with Crippen molar-refractivity contribution < 1.29 is 19.8 Å². The lowest BCUT2D eigenvalue weighted by molar-refractivity contribution is 0.0696. The predicted octanol–water partition coefficient (Wildman–Crippen LogP) is 2.89. The minimum absolute atomic E-state index is 0.0101. The molecule has 1 atom stereocenters. The Morgan fingerprint density at radius 2 is 1.84 bits per heavy atom. The number of aromatic carboxylic acids is 1. The first-order valence-electron chi connectivity index (χ1n) is 10.5.